The van der Waals surface area contributed by atoms with Crippen molar-refractivity contribution in [1.29, 1.82) is 0 Å². The molecule has 2 aromatic carbocycles. The summed E-state index contributed by atoms with van der Waals surface area (Å²) in [5, 5.41) is 6.62. The summed E-state index contributed by atoms with van der Waals surface area (Å²) >= 11 is 0. The first-order valence-electron chi connectivity index (χ1n) is 14.3. The monoisotopic (exact) mass is 595 g/mol. The molecule has 0 unspecified atom stereocenters. The van der Waals surface area contributed by atoms with E-state index in [2.05, 4.69) is 70.6 Å². The lowest BCUT2D eigenvalue weighted by Gasteiger charge is -2.21. The minimum atomic E-state index is -0.507. The van der Waals surface area contributed by atoms with Gasteiger partial charge in [0.1, 0.15) is 11.6 Å². The predicted molar refractivity (Wildman–Crippen MR) is 188 cm³/mol. The van der Waals surface area contributed by atoms with Crippen molar-refractivity contribution in [2.45, 2.75) is 54.4 Å². The molecule has 44 heavy (non-hydrogen) atoms. The molecular formula is C39H47F2N3. The van der Waals surface area contributed by atoms with Gasteiger partial charge >= 0.3 is 0 Å². The maximum Gasteiger partial charge on any atom is 0.146 e. The topological polar surface area (TPSA) is 50.1 Å². The molecule has 0 bridgehead atoms. The van der Waals surface area contributed by atoms with Gasteiger partial charge in [0.25, 0.3) is 0 Å². The Hall–Kier alpha value is -4.82. The third-order valence-corrected chi connectivity index (χ3v) is 6.64. The summed E-state index contributed by atoms with van der Waals surface area (Å²) < 4.78 is 29.6. The van der Waals surface area contributed by atoms with Crippen molar-refractivity contribution >= 4 is 16.8 Å². The first kappa shape index (κ1) is 37.2. The summed E-state index contributed by atoms with van der Waals surface area (Å²) in [5.41, 5.74) is 13.4. The predicted octanol–water partition coefficient (Wildman–Crippen LogP) is 10.0. The van der Waals surface area contributed by atoms with E-state index in [0.717, 1.165) is 34.7 Å². The average Bonchev–Trinajstić information content (AvgIpc) is 2.96. The van der Waals surface area contributed by atoms with E-state index >= 15 is 4.39 Å². The Morgan fingerprint density at radius 2 is 1.61 bits per heavy atom. The zero-order valence-electron chi connectivity index (χ0n) is 27.1. The fourth-order valence-corrected chi connectivity index (χ4v) is 4.57. The van der Waals surface area contributed by atoms with Gasteiger partial charge in [0, 0.05) is 34.8 Å². The van der Waals surface area contributed by atoms with Crippen molar-refractivity contribution in [3.63, 3.8) is 0 Å². The quantitative estimate of drug-likeness (QED) is 0.123. The third kappa shape index (κ3) is 11.1. The van der Waals surface area contributed by atoms with Crippen LogP contribution in [-0.2, 0) is 6.42 Å². The minimum Gasteiger partial charge on any atom is -0.396 e. The van der Waals surface area contributed by atoms with Crippen molar-refractivity contribution in [2.75, 3.05) is 5.73 Å². The lowest BCUT2D eigenvalue weighted by atomic mass is 9.91. The molecule has 0 saturated carbocycles. The highest BCUT2D eigenvalue weighted by atomic mass is 19.1. The maximum absolute atomic E-state index is 15.1. The fourth-order valence-electron chi connectivity index (χ4n) is 4.57. The zero-order valence-corrected chi connectivity index (χ0v) is 27.1. The number of rotatable bonds is 13. The standard InChI is InChI=1S/C37H45F2N3.C2H2/c1-11-16-32(33-17-14-15-18-34(33)38)26(6)27(7)41-24(4)19-30-20-29(22-35(39)36(30)40)28(12-2)21-31(13-3)42-25(5)23-37(8,9)10;1-2/h11-18,20-22,41-42H,1,3-5,19,23,40H2,2,6-10H3;1-2H/b27-26+,28-12+,31-21+,32-16+;. The number of benzene rings is 2. The van der Waals surface area contributed by atoms with Gasteiger partial charge in [-0.1, -0.05) is 83.5 Å². The van der Waals surface area contributed by atoms with Crippen LogP contribution in [0.1, 0.15) is 64.7 Å². The highest BCUT2D eigenvalue weighted by Crippen LogP contribution is 2.30. The molecule has 2 aromatic rings. The molecule has 0 fully saturated rings. The van der Waals surface area contributed by atoms with E-state index in [-0.39, 0.29) is 23.3 Å². The van der Waals surface area contributed by atoms with E-state index in [0.29, 0.717) is 28.0 Å². The van der Waals surface area contributed by atoms with Crippen LogP contribution in [0.2, 0.25) is 0 Å². The molecule has 0 heterocycles. The highest BCUT2D eigenvalue weighted by Gasteiger charge is 2.15. The van der Waals surface area contributed by atoms with Crippen LogP contribution in [0.15, 0.2) is 121 Å². The molecular weight excluding hydrogens is 548 g/mol. The van der Waals surface area contributed by atoms with Crippen molar-refractivity contribution in [3.05, 3.63) is 150 Å². The first-order valence-corrected chi connectivity index (χ1v) is 14.3. The minimum absolute atomic E-state index is 0.0683. The van der Waals surface area contributed by atoms with Crippen molar-refractivity contribution in [2.24, 2.45) is 5.41 Å². The first-order chi connectivity index (χ1) is 20.7. The van der Waals surface area contributed by atoms with Crippen LogP contribution in [0, 0.1) is 29.9 Å². The van der Waals surface area contributed by atoms with Gasteiger partial charge in [-0.05, 0) is 90.8 Å². The van der Waals surface area contributed by atoms with Crippen molar-refractivity contribution in [1.82, 2.24) is 10.6 Å². The summed E-state index contributed by atoms with van der Waals surface area (Å²) in [4.78, 5) is 0. The molecule has 3 nitrogen and oxygen atoms in total. The molecule has 2 rings (SSSR count). The zero-order chi connectivity index (χ0) is 33.6. The lowest BCUT2D eigenvalue weighted by molar-refractivity contribution is 0.403. The van der Waals surface area contributed by atoms with E-state index < -0.39 is 5.82 Å². The molecule has 0 spiro atoms. The van der Waals surface area contributed by atoms with Gasteiger partial charge < -0.3 is 16.4 Å². The van der Waals surface area contributed by atoms with Gasteiger partial charge in [-0.25, -0.2) is 8.78 Å². The number of nitrogens with two attached hydrogens (primary N) is 1. The second-order valence-electron chi connectivity index (χ2n) is 11.5. The number of hydrogen-bond acceptors (Lipinski definition) is 3. The van der Waals surface area contributed by atoms with Crippen LogP contribution in [0.4, 0.5) is 14.5 Å². The highest BCUT2D eigenvalue weighted by molar-refractivity contribution is 5.80. The van der Waals surface area contributed by atoms with E-state index in [9.17, 15) is 4.39 Å². The van der Waals surface area contributed by atoms with Crippen LogP contribution in [0.5, 0.6) is 0 Å². The van der Waals surface area contributed by atoms with Gasteiger partial charge in [0.15, 0.2) is 0 Å². The van der Waals surface area contributed by atoms with E-state index in [1.54, 1.807) is 36.4 Å². The smallest absolute Gasteiger partial charge is 0.146 e. The molecule has 0 atom stereocenters. The van der Waals surface area contributed by atoms with Crippen LogP contribution < -0.4 is 16.4 Å². The molecule has 5 heteroatoms. The number of terminal acetylenes is 1. The third-order valence-electron chi connectivity index (χ3n) is 6.64. The number of nitrogens with one attached hydrogen (secondary N) is 2. The van der Waals surface area contributed by atoms with Gasteiger partial charge in [0.05, 0.1) is 5.69 Å². The number of anilines is 1. The fraction of sp³-hybridized carbons (Fsp3) is 0.231. The van der Waals surface area contributed by atoms with E-state index in [4.69, 9.17) is 5.73 Å². The summed E-state index contributed by atoms with van der Waals surface area (Å²) in [5.74, 6) is -0.827. The molecule has 4 N–H and O–H groups in total. The number of halogens is 2. The summed E-state index contributed by atoms with van der Waals surface area (Å²) in [6.07, 6.45) is 18.0. The van der Waals surface area contributed by atoms with Crippen LogP contribution in [0.25, 0.3) is 11.1 Å². The van der Waals surface area contributed by atoms with Gasteiger partial charge in [-0.15, -0.1) is 12.8 Å². The Labute approximate surface area is 264 Å². The van der Waals surface area contributed by atoms with Crippen LogP contribution >= 0.6 is 0 Å². The SMILES string of the molecule is C#C.C=C/C=C(\C(C)=C(/C)NC(=C)Cc1cc(C(/C=C(\C=C)NC(=C)CC(C)(C)C)=C/C)cc(F)c1N)c1ccccc1F. The van der Waals surface area contributed by atoms with Gasteiger partial charge in [-0.2, -0.15) is 0 Å². The van der Waals surface area contributed by atoms with Crippen molar-refractivity contribution < 1.29 is 8.78 Å². The second kappa shape index (κ2) is 17.3. The van der Waals surface area contributed by atoms with Crippen LogP contribution in [0.3, 0.4) is 0 Å². The molecule has 0 amide bonds. The van der Waals surface area contributed by atoms with Gasteiger partial charge in [-0.3, -0.25) is 0 Å². The summed E-state index contributed by atoms with van der Waals surface area (Å²) in [6.45, 7) is 28.1. The summed E-state index contributed by atoms with van der Waals surface area (Å²) in [6, 6.07) is 9.90. The second-order valence-corrected chi connectivity index (χ2v) is 11.5. The molecule has 0 aromatic heterocycles. The Bertz CT molecular complexity index is 1520. The molecule has 232 valence electrons. The maximum atomic E-state index is 15.1. The normalized spacial score (nSPS) is 12.7. The molecule has 0 aliphatic rings. The van der Waals surface area contributed by atoms with E-state index in [1.165, 1.54) is 12.1 Å². The molecule has 0 radical (unpaired) electrons. The Morgan fingerprint density at radius 1 is 0.977 bits per heavy atom. The molecule has 0 aliphatic heterocycles. The number of hydrogen-bond donors (Lipinski definition) is 3. The number of allylic oxidation sites excluding steroid dienone is 11. The molecule has 0 saturated heterocycles. The van der Waals surface area contributed by atoms with Crippen molar-refractivity contribution in [3.8, 4) is 12.8 Å². The van der Waals surface area contributed by atoms with Gasteiger partial charge in [0.2, 0.25) is 0 Å². The largest absolute Gasteiger partial charge is 0.396 e. The van der Waals surface area contributed by atoms with Crippen LogP contribution in [-0.4, -0.2) is 0 Å². The van der Waals surface area contributed by atoms with E-state index in [1.807, 2.05) is 39.0 Å². The molecule has 0 aliphatic carbocycles. The Balaban J connectivity index is 0.00000474. The Morgan fingerprint density at radius 3 is 2.16 bits per heavy atom. The number of nitrogen functional groups attached to an aromatic ring is 1. The average molecular weight is 596 g/mol. The lowest BCUT2D eigenvalue weighted by Crippen LogP contribution is -2.16. The Kier molecular flexibility index (Phi) is 14.7. The summed E-state index contributed by atoms with van der Waals surface area (Å²) in [7, 11) is 0.